The maximum Gasteiger partial charge on any atom is 0.248 e. The summed E-state index contributed by atoms with van der Waals surface area (Å²) in [5.74, 6) is 0.790. The van der Waals surface area contributed by atoms with Crippen LogP contribution in [0.1, 0.15) is 29.7 Å². The van der Waals surface area contributed by atoms with Crippen molar-refractivity contribution in [3.8, 4) is 11.5 Å². The molecule has 0 spiro atoms. The van der Waals surface area contributed by atoms with Gasteiger partial charge < -0.3 is 24.5 Å². The number of alkyl halides is 1. The molecule has 0 aliphatic rings. The van der Waals surface area contributed by atoms with Gasteiger partial charge in [-0.15, -0.1) is 11.6 Å². The molecule has 4 aromatic rings. The molecule has 0 bridgehead atoms. The second kappa shape index (κ2) is 12.6. The van der Waals surface area contributed by atoms with Crippen LogP contribution in [0.2, 0.25) is 0 Å². The van der Waals surface area contributed by atoms with E-state index in [0.717, 1.165) is 16.9 Å². The summed E-state index contributed by atoms with van der Waals surface area (Å²) in [5.41, 5.74) is 2.81. The number of hydrogen-bond donors (Lipinski definition) is 2. The average Bonchev–Trinajstić information content (AvgIpc) is 2.94. The third-order valence-electron chi connectivity index (χ3n) is 6.51. The second-order valence-electron chi connectivity index (χ2n) is 9.14. The predicted molar refractivity (Wildman–Crippen MR) is 149 cm³/mol. The fourth-order valence-electron chi connectivity index (χ4n) is 4.50. The molecule has 0 radical (unpaired) electrons. The zero-order valence-electron chi connectivity index (χ0n) is 21.4. The number of amides is 1. The van der Waals surface area contributed by atoms with E-state index in [0.29, 0.717) is 35.2 Å². The lowest BCUT2D eigenvalue weighted by atomic mass is 10.0. The maximum atomic E-state index is 12.8. The molecular formula is C30H31ClN2O5. The first-order valence-electron chi connectivity index (χ1n) is 12.4. The summed E-state index contributed by atoms with van der Waals surface area (Å²) in [6.07, 6.45) is -0.434. The van der Waals surface area contributed by atoms with Crippen LogP contribution < -0.4 is 15.0 Å². The lowest BCUT2D eigenvalue weighted by molar-refractivity contribution is -0.132. The Balaban J connectivity index is 1.57. The van der Waals surface area contributed by atoms with E-state index < -0.39 is 6.10 Å². The number of methoxy groups -OCH3 is 1. The van der Waals surface area contributed by atoms with Crippen molar-refractivity contribution in [3.05, 3.63) is 106 Å². The Morgan fingerprint density at radius 3 is 2.42 bits per heavy atom. The van der Waals surface area contributed by atoms with Gasteiger partial charge in [0.2, 0.25) is 11.5 Å². The number of hydrogen-bond acceptors (Lipinski definition) is 5. The van der Waals surface area contributed by atoms with E-state index in [1.807, 2.05) is 61.5 Å². The summed E-state index contributed by atoms with van der Waals surface area (Å²) >= 11 is 5.94. The molecular weight excluding hydrogens is 504 g/mol. The molecule has 0 fully saturated rings. The highest BCUT2D eigenvalue weighted by atomic mass is 35.5. The number of halogens is 1. The number of aromatic nitrogens is 1. The number of pyridine rings is 1. The zero-order valence-corrected chi connectivity index (χ0v) is 22.1. The van der Waals surface area contributed by atoms with Crippen LogP contribution >= 0.6 is 11.6 Å². The highest BCUT2D eigenvalue weighted by Crippen LogP contribution is 2.31. The number of aromatic amines is 1. The van der Waals surface area contributed by atoms with Crippen LogP contribution in [-0.2, 0) is 17.8 Å². The maximum absolute atomic E-state index is 12.8. The monoisotopic (exact) mass is 534 g/mol. The van der Waals surface area contributed by atoms with Crippen LogP contribution in [0.5, 0.6) is 11.5 Å². The van der Waals surface area contributed by atoms with Crippen molar-refractivity contribution in [2.75, 3.05) is 19.5 Å². The van der Waals surface area contributed by atoms with Crippen molar-refractivity contribution in [1.82, 2.24) is 9.88 Å². The summed E-state index contributed by atoms with van der Waals surface area (Å²) in [6, 6.07) is 23.7. The van der Waals surface area contributed by atoms with E-state index >= 15 is 0 Å². The molecule has 0 aliphatic carbocycles. The Bertz CT molecular complexity index is 1420. The van der Waals surface area contributed by atoms with Crippen molar-refractivity contribution in [1.29, 1.82) is 0 Å². The number of aliphatic hydroxyl groups is 1. The van der Waals surface area contributed by atoms with Gasteiger partial charge in [0.15, 0.2) is 0 Å². The molecule has 198 valence electrons. The lowest BCUT2D eigenvalue weighted by Crippen LogP contribution is -2.43. The van der Waals surface area contributed by atoms with Gasteiger partial charge in [0.05, 0.1) is 25.3 Å². The number of carbonyl (C=O) groups excluding carboxylic acids is 1. The summed E-state index contributed by atoms with van der Waals surface area (Å²) < 4.78 is 11.2. The lowest BCUT2D eigenvalue weighted by Gasteiger charge is -2.31. The summed E-state index contributed by atoms with van der Waals surface area (Å²) in [5, 5.41) is 11.9. The quantitative estimate of drug-likeness (QED) is 0.268. The number of ether oxygens (including phenoxy) is 2. The number of aliphatic hydroxyl groups excluding tert-OH is 1. The standard InChI is InChI=1S/C30H31ClN2O5/c1-20(16-21-8-10-23(37-2)11-9-21)33(29(36)17-31)18-26(34)24-12-14-27(30-25(24)13-15-28(35)32-30)38-19-22-6-4-3-5-7-22/h3-15,20,26,34H,16-19H2,1-2H3,(H,32,35)/t20?,26-/m1/s1. The molecule has 8 heteroatoms. The first-order valence-corrected chi connectivity index (χ1v) is 12.9. The molecule has 1 unspecified atom stereocenters. The van der Waals surface area contributed by atoms with Gasteiger partial charge in [-0.25, -0.2) is 0 Å². The van der Waals surface area contributed by atoms with Gasteiger partial charge in [-0.2, -0.15) is 0 Å². The minimum absolute atomic E-state index is 0.0430. The van der Waals surface area contributed by atoms with E-state index in [-0.39, 0.29) is 29.9 Å². The number of benzene rings is 3. The molecule has 1 heterocycles. The van der Waals surface area contributed by atoms with E-state index in [1.165, 1.54) is 6.07 Å². The molecule has 4 rings (SSSR count). The SMILES string of the molecule is COc1ccc(CC(C)N(C[C@@H](O)c2ccc(OCc3ccccc3)c3[nH]c(=O)ccc23)C(=O)CCl)cc1. The van der Waals surface area contributed by atoms with Gasteiger partial charge in [-0.3, -0.25) is 9.59 Å². The Morgan fingerprint density at radius 1 is 1.00 bits per heavy atom. The van der Waals surface area contributed by atoms with Crippen LogP contribution in [0.3, 0.4) is 0 Å². The molecule has 38 heavy (non-hydrogen) atoms. The Morgan fingerprint density at radius 2 is 1.74 bits per heavy atom. The minimum atomic E-state index is -1.02. The smallest absolute Gasteiger partial charge is 0.248 e. The molecule has 2 atom stereocenters. The van der Waals surface area contributed by atoms with Crippen molar-refractivity contribution in [2.45, 2.75) is 32.1 Å². The number of fused-ring (bicyclic) bond motifs is 1. The zero-order chi connectivity index (χ0) is 27.1. The van der Waals surface area contributed by atoms with Gasteiger partial charge in [-0.05, 0) is 54.3 Å². The van der Waals surface area contributed by atoms with Crippen molar-refractivity contribution in [2.24, 2.45) is 0 Å². The average molecular weight is 535 g/mol. The minimum Gasteiger partial charge on any atom is -0.497 e. The van der Waals surface area contributed by atoms with Crippen molar-refractivity contribution >= 4 is 28.4 Å². The fourth-order valence-corrected chi connectivity index (χ4v) is 4.65. The van der Waals surface area contributed by atoms with E-state index in [2.05, 4.69) is 4.98 Å². The molecule has 1 aromatic heterocycles. The van der Waals surface area contributed by atoms with Crippen LogP contribution in [0, 0.1) is 0 Å². The summed E-state index contributed by atoms with van der Waals surface area (Å²) in [7, 11) is 1.61. The Labute approximate surface area is 226 Å². The molecule has 0 saturated heterocycles. The number of nitrogens with zero attached hydrogens (tertiary/aromatic N) is 1. The third-order valence-corrected chi connectivity index (χ3v) is 6.74. The molecule has 0 aliphatic heterocycles. The van der Waals surface area contributed by atoms with Crippen molar-refractivity contribution in [3.63, 3.8) is 0 Å². The van der Waals surface area contributed by atoms with Crippen LogP contribution in [0.25, 0.3) is 10.9 Å². The first-order chi connectivity index (χ1) is 18.4. The van der Waals surface area contributed by atoms with E-state index in [9.17, 15) is 14.7 Å². The topological polar surface area (TPSA) is 91.9 Å². The van der Waals surface area contributed by atoms with E-state index in [4.69, 9.17) is 21.1 Å². The normalized spacial score (nSPS) is 12.6. The second-order valence-corrected chi connectivity index (χ2v) is 9.40. The van der Waals surface area contributed by atoms with Crippen LogP contribution in [0.4, 0.5) is 0 Å². The molecule has 2 N–H and O–H groups in total. The molecule has 3 aromatic carbocycles. The summed E-state index contributed by atoms with van der Waals surface area (Å²) in [4.78, 5) is 29.4. The van der Waals surface area contributed by atoms with Gasteiger partial charge >= 0.3 is 0 Å². The largest absolute Gasteiger partial charge is 0.497 e. The van der Waals surface area contributed by atoms with E-state index in [1.54, 1.807) is 30.2 Å². The van der Waals surface area contributed by atoms with Gasteiger partial charge in [0, 0.05) is 17.5 Å². The van der Waals surface area contributed by atoms with Crippen LogP contribution in [-0.4, -0.2) is 46.5 Å². The van der Waals surface area contributed by atoms with Crippen molar-refractivity contribution < 1.29 is 19.4 Å². The first kappa shape index (κ1) is 27.2. The van der Waals surface area contributed by atoms with Crippen LogP contribution in [0.15, 0.2) is 83.7 Å². The Kier molecular flexibility index (Phi) is 9.05. The third kappa shape index (κ3) is 6.54. The Hall–Kier alpha value is -3.81. The molecule has 7 nitrogen and oxygen atoms in total. The number of rotatable bonds is 11. The number of carbonyl (C=O) groups is 1. The molecule has 0 saturated carbocycles. The molecule has 1 amide bonds. The number of nitrogens with one attached hydrogen (secondary N) is 1. The highest BCUT2D eigenvalue weighted by molar-refractivity contribution is 6.27. The van der Waals surface area contributed by atoms with Gasteiger partial charge in [-0.1, -0.05) is 48.5 Å². The number of H-pyrrole nitrogens is 1. The van der Waals surface area contributed by atoms with Gasteiger partial charge in [0.1, 0.15) is 24.0 Å². The summed E-state index contributed by atoms with van der Waals surface area (Å²) in [6.45, 7) is 2.30. The highest BCUT2D eigenvalue weighted by Gasteiger charge is 2.25. The van der Waals surface area contributed by atoms with Gasteiger partial charge in [0.25, 0.3) is 0 Å². The fraction of sp³-hybridized carbons (Fsp3) is 0.267. The predicted octanol–water partition coefficient (Wildman–Crippen LogP) is 4.85.